The Labute approximate surface area is 201 Å². The number of benzene rings is 3. The number of aromatic nitrogens is 1. The van der Waals surface area contributed by atoms with Crippen molar-refractivity contribution in [3.05, 3.63) is 95.6 Å². The van der Waals surface area contributed by atoms with Gasteiger partial charge in [0, 0.05) is 12.1 Å². The third-order valence-corrected chi connectivity index (χ3v) is 7.46. The van der Waals surface area contributed by atoms with Crippen molar-refractivity contribution < 1.29 is 12.8 Å². The van der Waals surface area contributed by atoms with Crippen molar-refractivity contribution in [1.82, 2.24) is 4.98 Å². The summed E-state index contributed by atoms with van der Waals surface area (Å²) >= 11 is 0. The van der Waals surface area contributed by atoms with Crippen molar-refractivity contribution in [1.29, 1.82) is 0 Å². The molecule has 0 aliphatic rings. The van der Waals surface area contributed by atoms with Crippen LogP contribution < -0.4 is 5.32 Å². The van der Waals surface area contributed by atoms with Crippen LogP contribution in [-0.4, -0.2) is 13.4 Å². The van der Waals surface area contributed by atoms with Crippen molar-refractivity contribution in [3.8, 4) is 11.5 Å². The van der Waals surface area contributed by atoms with E-state index in [1.807, 2.05) is 73.7 Å². The van der Waals surface area contributed by atoms with Crippen molar-refractivity contribution in [2.45, 2.75) is 56.0 Å². The zero-order valence-electron chi connectivity index (χ0n) is 20.0. The molecule has 1 heterocycles. The van der Waals surface area contributed by atoms with Crippen molar-refractivity contribution >= 4 is 15.7 Å². The third kappa shape index (κ3) is 5.07. The van der Waals surface area contributed by atoms with Crippen LogP contribution in [0.3, 0.4) is 0 Å². The van der Waals surface area contributed by atoms with Crippen molar-refractivity contribution in [2.24, 2.45) is 0 Å². The lowest BCUT2D eigenvalue weighted by molar-refractivity contribution is 0.575. The molecule has 0 fully saturated rings. The predicted octanol–water partition coefficient (Wildman–Crippen LogP) is 6.65. The number of sulfone groups is 1. The number of nitrogens with zero attached hydrogens (tertiary/aromatic N) is 1. The smallest absolute Gasteiger partial charge is 0.234 e. The summed E-state index contributed by atoms with van der Waals surface area (Å²) in [6.07, 6.45) is 0.836. The molecule has 176 valence electrons. The van der Waals surface area contributed by atoms with Gasteiger partial charge in [-0.1, -0.05) is 82.3 Å². The van der Waals surface area contributed by atoms with E-state index >= 15 is 0 Å². The first-order valence-electron chi connectivity index (χ1n) is 11.4. The van der Waals surface area contributed by atoms with E-state index in [9.17, 15) is 8.42 Å². The van der Waals surface area contributed by atoms with Crippen molar-refractivity contribution in [2.75, 3.05) is 5.32 Å². The second-order valence-electron chi connectivity index (χ2n) is 9.32. The number of aryl methyl sites for hydroxylation is 1. The van der Waals surface area contributed by atoms with E-state index in [-0.39, 0.29) is 27.1 Å². The highest BCUT2D eigenvalue weighted by Crippen LogP contribution is 2.34. The van der Waals surface area contributed by atoms with Crippen LogP contribution in [0.25, 0.3) is 11.5 Å². The standard InChI is InChI=1S/C28H30N2O3S/c1-5-20-11-17-24(18-12-20)34(31,32)27-26(29-19-21-9-7-6-8-10-21)33-25(30-27)22-13-15-23(16-14-22)28(2,3)4/h6-18,29H,5,19H2,1-4H3. The second kappa shape index (κ2) is 9.47. The first kappa shape index (κ1) is 23.8. The number of hydrogen-bond donors (Lipinski definition) is 1. The fraction of sp³-hybridized carbons (Fsp3) is 0.250. The lowest BCUT2D eigenvalue weighted by Crippen LogP contribution is -2.10. The maximum Gasteiger partial charge on any atom is 0.234 e. The summed E-state index contributed by atoms with van der Waals surface area (Å²) in [6, 6.07) is 24.5. The van der Waals surface area contributed by atoms with Crippen LogP contribution in [-0.2, 0) is 28.2 Å². The zero-order valence-corrected chi connectivity index (χ0v) is 20.8. The molecule has 0 saturated heterocycles. The van der Waals surface area contributed by atoms with E-state index in [0.717, 1.165) is 23.1 Å². The van der Waals surface area contributed by atoms with E-state index in [4.69, 9.17) is 4.42 Å². The molecule has 0 amide bonds. The van der Waals surface area contributed by atoms with Crippen LogP contribution in [0.15, 0.2) is 93.2 Å². The van der Waals surface area contributed by atoms with Gasteiger partial charge in [0.1, 0.15) is 0 Å². The Hall–Kier alpha value is -3.38. The van der Waals surface area contributed by atoms with E-state index in [1.54, 1.807) is 12.1 Å². The Kier molecular flexibility index (Phi) is 6.62. The van der Waals surface area contributed by atoms with Gasteiger partial charge in [-0.05, 0) is 52.8 Å². The molecule has 0 radical (unpaired) electrons. The molecule has 1 aromatic heterocycles. The summed E-state index contributed by atoms with van der Waals surface area (Å²) in [5.41, 5.74) is 3.98. The summed E-state index contributed by atoms with van der Waals surface area (Å²) in [6.45, 7) is 8.88. The van der Waals surface area contributed by atoms with Crippen LogP contribution >= 0.6 is 0 Å². The highest BCUT2D eigenvalue weighted by molar-refractivity contribution is 7.91. The van der Waals surface area contributed by atoms with E-state index in [2.05, 4.69) is 31.1 Å². The molecule has 1 N–H and O–H groups in total. The van der Waals surface area contributed by atoms with Gasteiger partial charge in [0.05, 0.1) is 4.90 Å². The normalized spacial score (nSPS) is 12.0. The lowest BCUT2D eigenvalue weighted by Gasteiger charge is -2.18. The first-order valence-corrected chi connectivity index (χ1v) is 12.9. The summed E-state index contributed by atoms with van der Waals surface area (Å²) in [4.78, 5) is 4.65. The molecule has 6 heteroatoms. The minimum atomic E-state index is -3.88. The first-order chi connectivity index (χ1) is 16.2. The van der Waals surface area contributed by atoms with Crippen LogP contribution in [0.4, 0.5) is 5.88 Å². The quantitative estimate of drug-likeness (QED) is 0.325. The zero-order chi connectivity index (χ0) is 24.3. The minimum Gasteiger partial charge on any atom is -0.419 e. The average molecular weight is 475 g/mol. The Morgan fingerprint density at radius 1 is 0.853 bits per heavy atom. The van der Waals surface area contributed by atoms with Gasteiger partial charge in [0.15, 0.2) is 0 Å². The average Bonchev–Trinajstić information content (AvgIpc) is 3.28. The summed E-state index contributed by atoms with van der Waals surface area (Å²) in [7, 11) is -3.88. The molecule has 0 spiro atoms. The topological polar surface area (TPSA) is 72.2 Å². The van der Waals surface area contributed by atoms with Gasteiger partial charge in [0.25, 0.3) is 0 Å². The summed E-state index contributed by atoms with van der Waals surface area (Å²) < 4.78 is 33.1. The number of nitrogens with one attached hydrogen (secondary N) is 1. The Morgan fingerprint density at radius 3 is 2.09 bits per heavy atom. The Balaban J connectivity index is 1.74. The SMILES string of the molecule is CCc1ccc(S(=O)(=O)c2nc(-c3ccc(C(C)(C)C)cc3)oc2NCc2ccccc2)cc1. The van der Waals surface area contributed by atoms with Crippen LogP contribution in [0.5, 0.6) is 0 Å². The van der Waals surface area contributed by atoms with Gasteiger partial charge in [0.2, 0.25) is 26.6 Å². The fourth-order valence-corrected chi connectivity index (χ4v) is 4.91. The molecule has 3 aromatic carbocycles. The van der Waals surface area contributed by atoms with E-state index < -0.39 is 9.84 Å². The maximum absolute atomic E-state index is 13.5. The van der Waals surface area contributed by atoms with Crippen molar-refractivity contribution in [3.63, 3.8) is 0 Å². The molecule has 0 unspecified atom stereocenters. The van der Waals surface area contributed by atoms with E-state index in [0.29, 0.717) is 6.54 Å². The molecule has 34 heavy (non-hydrogen) atoms. The maximum atomic E-state index is 13.5. The molecule has 5 nitrogen and oxygen atoms in total. The lowest BCUT2D eigenvalue weighted by atomic mass is 9.87. The highest BCUT2D eigenvalue weighted by atomic mass is 32.2. The summed E-state index contributed by atoms with van der Waals surface area (Å²) in [5.74, 6) is 0.401. The third-order valence-electron chi connectivity index (χ3n) is 5.79. The molecule has 0 saturated carbocycles. The molecule has 0 aliphatic heterocycles. The Bertz CT molecular complexity index is 1350. The van der Waals surface area contributed by atoms with Gasteiger partial charge in [-0.25, -0.2) is 8.42 Å². The number of oxazole rings is 1. The molecule has 0 bridgehead atoms. The van der Waals surface area contributed by atoms with Gasteiger partial charge in [-0.3, -0.25) is 0 Å². The molecule has 4 aromatic rings. The van der Waals surface area contributed by atoms with Gasteiger partial charge >= 0.3 is 0 Å². The van der Waals surface area contributed by atoms with Gasteiger partial charge in [-0.15, -0.1) is 0 Å². The molecule has 0 aliphatic carbocycles. The molecular weight excluding hydrogens is 444 g/mol. The summed E-state index contributed by atoms with van der Waals surface area (Å²) in [5, 5.41) is 3.04. The number of anilines is 1. The monoisotopic (exact) mass is 474 g/mol. The van der Waals surface area contributed by atoms with E-state index in [1.165, 1.54) is 5.56 Å². The minimum absolute atomic E-state index is 0.0106. The fourth-order valence-electron chi connectivity index (χ4n) is 3.63. The molecule has 4 rings (SSSR count). The second-order valence-corrected chi connectivity index (χ2v) is 11.2. The predicted molar refractivity (Wildman–Crippen MR) is 136 cm³/mol. The van der Waals surface area contributed by atoms with Crippen LogP contribution in [0, 0.1) is 0 Å². The van der Waals surface area contributed by atoms with Crippen LogP contribution in [0.1, 0.15) is 44.4 Å². The number of hydrogen-bond acceptors (Lipinski definition) is 5. The molecular formula is C28H30N2O3S. The van der Waals surface area contributed by atoms with Gasteiger partial charge < -0.3 is 9.73 Å². The van der Waals surface area contributed by atoms with Crippen LogP contribution in [0.2, 0.25) is 0 Å². The largest absolute Gasteiger partial charge is 0.419 e. The molecule has 0 atom stereocenters. The Morgan fingerprint density at radius 2 is 1.50 bits per heavy atom. The van der Waals surface area contributed by atoms with Gasteiger partial charge in [-0.2, -0.15) is 4.98 Å². The highest BCUT2D eigenvalue weighted by Gasteiger charge is 2.28. The number of rotatable bonds is 7.